The minimum atomic E-state index is -0.471. The van der Waals surface area contributed by atoms with Crippen LogP contribution in [0.1, 0.15) is 41.0 Å². The SMILES string of the molecule is CCOc1ccc(C(=O)NNC(=O)c2ccc(NC(=O)CC)cc2)cc1Br. The Bertz CT molecular complexity index is 837. The van der Waals surface area contributed by atoms with Crippen molar-refractivity contribution in [2.24, 2.45) is 0 Å². The minimum Gasteiger partial charge on any atom is -0.493 e. The van der Waals surface area contributed by atoms with Gasteiger partial charge in [0, 0.05) is 23.2 Å². The fourth-order valence-electron chi connectivity index (χ4n) is 2.13. The highest BCUT2D eigenvalue weighted by molar-refractivity contribution is 9.10. The summed E-state index contributed by atoms with van der Waals surface area (Å²) in [4.78, 5) is 35.7. The first-order valence-corrected chi connectivity index (χ1v) is 9.16. The van der Waals surface area contributed by atoms with Gasteiger partial charge in [-0.25, -0.2) is 0 Å². The molecule has 3 amide bonds. The number of hydrazine groups is 1. The van der Waals surface area contributed by atoms with E-state index in [1.165, 1.54) is 0 Å². The highest BCUT2D eigenvalue weighted by Crippen LogP contribution is 2.25. The maximum absolute atomic E-state index is 12.2. The summed E-state index contributed by atoms with van der Waals surface area (Å²) >= 11 is 3.34. The van der Waals surface area contributed by atoms with Gasteiger partial charge < -0.3 is 10.1 Å². The first kappa shape index (κ1) is 20.4. The van der Waals surface area contributed by atoms with Crippen LogP contribution in [0.5, 0.6) is 5.75 Å². The molecule has 0 fully saturated rings. The molecule has 0 unspecified atom stereocenters. The van der Waals surface area contributed by atoms with Crippen molar-refractivity contribution in [3.63, 3.8) is 0 Å². The van der Waals surface area contributed by atoms with E-state index >= 15 is 0 Å². The number of nitrogens with one attached hydrogen (secondary N) is 3. The lowest BCUT2D eigenvalue weighted by Gasteiger charge is -2.10. The highest BCUT2D eigenvalue weighted by Gasteiger charge is 2.11. The number of rotatable bonds is 6. The van der Waals surface area contributed by atoms with Gasteiger partial charge in [0.15, 0.2) is 0 Å². The van der Waals surface area contributed by atoms with E-state index in [9.17, 15) is 14.4 Å². The quantitative estimate of drug-likeness (QED) is 0.608. The molecule has 0 heterocycles. The fraction of sp³-hybridized carbons (Fsp3) is 0.211. The molecule has 8 heteroatoms. The first-order valence-electron chi connectivity index (χ1n) is 8.37. The van der Waals surface area contributed by atoms with Crippen molar-refractivity contribution in [1.29, 1.82) is 0 Å². The second kappa shape index (κ2) is 9.72. The van der Waals surface area contributed by atoms with Crippen LogP contribution >= 0.6 is 15.9 Å². The predicted molar refractivity (Wildman–Crippen MR) is 106 cm³/mol. The Morgan fingerprint density at radius 1 is 0.926 bits per heavy atom. The molecule has 2 aromatic carbocycles. The van der Waals surface area contributed by atoms with Gasteiger partial charge in [0.1, 0.15) is 5.75 Å². The summed E-state index contributed by atoms with van der Waals surface area (Å²) in [6, 6.07) is 11.2. The van der Waals surface area contributed by atoms with Gasteiger partial charge in [-0.15, -0.1) is 0 Å². The van der Waals surface area contributed by atoms with E-state index in [0.717, 1.165) is 0 Å². The second-order valence-electron chi connectivity index (χ2n) is 5.47. The van der Waals surface area contributed by atoms with Gasteiger partial charge in [-0.2, -0.15) is 0 Å². The number of anilines is 1. The second-order valence-corrected chi connectivity index (χ2v) is 6.32. The summed E-state index contributed by atoms with van der Waals surface area (Å²) in [5.41, 5.74) is 6.03. The third kappa shape index (κ3) is 5.82. The largest absolute Gasteiger partial charge is 0.493 e. The van der Waals surface area contributed by atoms with Crippen molar-refractivity contribution in [2.75, 3.05) is 11.9 Å². The molecule has 0 atom stereocenters. The zero-order valence-corrected chi connectivity index (χ0v) is 16.6. The van der Waals surface area contributed by atoms with Crippen LogP contribution in [0.3, 0.4) is 0 Å². The predicted octanol–water partition coefficient (Wildman–Crippen LogP) is 3.27. The molecule has 0 bridgehead atoms. The molecule has 0 saturated heterocycles. The van der Waals surface area contributed by atoms with Gasteiger partial charge >= 0.3 is 0 Å². The molecule has 0 aromatic heterocycles. The van der Waals surface area contributed by atoms with E-state index in [1.807, 2.05) is 6.92 Å². The number of halogens is 1. The Hall–Kier alpha value is -2.87. The third-order valence-corrected chi connectivity index (χ3v) is 4.16. The number of hydrogen-bond donors (Lipinski definition) is 3. The van der Waals surface area contributed by atoms with Crippen LogP contribution in [0.15, 0.2) is 46.9 Å². The average Bonchev–Trinajstić information content (AvgIpc) is 2.68. The summed E-state index contributed by atoms with van der Waals surface area (Å²) in [6.07, 6.45) is 0.371. The fourth-order valence-corrected chi connectivity index (χ4v) is 2.62. The van der Waals surface area contributed by atoms with E-state index in [4.69, 9.17) is 4.74 Å². The molecule has 3 N–H and O–H groups in total. The van der Waals surface area contributed by atoms with Crippen molar-refractivity contribution in [1.82, 2.24) is 10.9 Å². The summed E-state index contributed by atoms with van der Waals surface area (Å²) in [6.45, 7) is 4.14. The van der Waals surface area contributed by atoms with Gasteiger partial charge in [-0.1, -0.05) is 6.92 Å². The lowest BCUT2D eigenvalue weighted by molar-refractivity contribution is -0.115. The molecule has 27 heavy (non-hydrogen) atoms. The van der Waals surface area contributed by atoms with Crippen LogP contribution in [0, 0.1) is 0 Å². The van der Waals surface area contributed by atoms with Crippen molar-refractivity contribution in [3.05, 3.63) is 58.1 Å². The van der Waals surface area contributed by atoms with Gasteiger partial charge in [0.2, 0.25) is 5.91 Å². The molecule has 0 spiro atoms. The number of carbonyl (C=O) groups is 3. The van der Waals surface area contributed by atoms with Crippen LogP contribution in [0.4, 0.5) is 5.69 Å². The highest BCUT2D eigenvalue weighted by atomic mass is 79.9. The van der Waals surface area contributed by atoms with Gasteiger partial charge in [-0.3, -0.25) is 25.2 Å². The summed E-state index contributed by atoms with van der Waals surface area (Å²) in [5, 5.41) is 2.69. The van der Waals surface area contributed by atoms with Gasteiger partial charge in [0.05, 0.1) is 11.1 Å². The van der Waals surface area contributed by atoms with Crippen LogP contribution in [-0.2, 0) is 4.79 Å². The van der Waals surface area contributed by atoms with Crippen molar-refractivity contribution in [3.8, 4) is 5.75 Å². The summed E-state index contributed by atoms with van der Waals surface area (Å²) < 4.78 is 6.04. The smallest absolute Gasteiger partial charge is 0.269 e. The maximum atomic E-state index is 12.2. The number of hydrogen-bond acceptors (Lipinski definition) is 4. The Kier molecular flexibility index (Phi) is 7.36. The molecular weight excluding hydrogens is 414 g/mol. The zero-order chi connectivity index (χ0) is 19.8. The average molecular weight is 434 g/mol. The van der Waals surface area contributed by atoms with E-state index in [0.29, 0.717) is 40.1 Å². The van der Waals surface area contributed by atoms with Crippen LogP contribution in [-0.4, -0.2) is 24.3 Å². The Morgan fingerprint density at radius 2 is 1.52 bits per heavy atom. The molecule has 0 aliphatic carbocycles. The van der Waals surface area contributed by atoms with Crippen molar-refractivity contribution >= 4 is 39.3 Å². The molecule has 0 aliphatic rings. The normalized spacial score (nSPS) is 10.0. The van der Waals surface area contributed by atoms with Crippen LogP contribution in [0.25, 0.3) is 0 Å². The van der Waals surface area contributed by atoms with E-state index < -0.39 is 11.8 Å². The first-order chi connectivity index (χ1) is 12.9. The lowest BCUT2D eigenvalue weighted by Crippen LogP contribution is -2.41. The molecule has 2 rings (SSSR count). The standard InChI is InChI=1S/C19H20BrN3O4/c1-3-17(24)21-14-8-5-12(6-9-14)18(25)22-23-19(26)13-7-10-16(27-4-2)15(20)11-13/h5-11H,3-4H2,1-2H3,(H,21,24)(H,22,25)(H,23,26). The molecule has 7 nitrogen and oxygen atoms in total. The van der Waals surface area contributed by atoms with E-state index in [-0.39, 0.29) is 5.91 Å². The van der Waals surface area contributed by atoms with Gasteiger partial charge in [-0.05, 0) is 65.3 Å². The monoisotopic (exact) mass is 433 g/mol. The Morgan fingerprint density at radius 3 is 2.07 bits per heavy atom. The van der Waals surface area contributed by atoms with Crippen LogP contribution in [0.2, 0.25) is 0 Å². The number of ether oxygens (including phenoxy) is 1. The molecule has 0 aliphatic heterocycles. The van der Waals surface area contributed by atoms with Crippen LogP contribution < -0.4 is 20.9 Å². The van der Waals surface area contributed by atoms with Crippen molar-refractivity contribution in [2.45, 2.75) is 20.3 Å². The number of amides is 3. The number of carbonyl (C=O) groups excluding carboxylic acids is 3. The zero-order valence-electron chi connectivity index (χ0n) is 15.0. The van der Waals surface area contributed by atoms with E-state index in [1.54, 1.807) is 49.4 Å². The molecule has 0 saturated carbocycles. The summed E-state index contributed by atoms with van der Waals surface area (Å²) in [5.74, 6) is -0.407. The topological polar surface area (TPSA) is 96.5 Å². The Labute approximate surface area is 165 Å². The molecule has 142 valence electrons. The molecule has 2 aromatic rings. The molecular formula is C19H20BrN3O4. The third-order valence-electron chi connectivity index (χ3n) is 3.54. The van der Waals surface area contributed by atoms with Crippen molar-refractivity contribution < 1.29 is 19.1 Å². The number of benzene rings is 2. The van der Waals surface area contributed by atoms with Gasteiger partial charge in [0.25, 0.3) is 11.8 Å². The summed E-state index contributed by atoms with van der Waals surface area (Å²) in [7, 11) is 0. The maximum Gasteiger partial charge on any atom is 0.269 e. The Balaban J connectivity index is 1.93. The van der Waals surface area contributed by atoms with E-state index in [2.05, 4.69) is 32.1 Å². The lowest BCUT2D eigenvalue weighted by atomic mass is 10.2. The minimum absolute atomic E-state index is 0.110. The molecule has 0 radical (unpaired) electrons.